The minimum atomic E-state index is -0.997. The van der Waals surface area contributed by atoms with Crippen molar-refractivity contribution in [3.8, 4) is 92.6 Å². The summed E-state index contributed by atoms with van der Waals surface area (Å²) in [6, 6.07) is 77.2. The van der Waals surface area contributed by atoms with Gasteiger partial charge in [-0.05, 0) is 279 Å². The van der Waals surface area contributed by atoms with E-state index >= 15 is 0 Å². The molecule has 14 aromatic carbocycles. The van der Waals surface area contributed by atoms with Gasteiger partial charge < -0.3 is 64.5 Å². The second kappa shape index (κ2) is 33.6. The highest BCUT2D eigenvalue weighted by atomic mass is 16.5. The molecule has 1 saturated heterocycles. The second-order valence-corrected chi connectivity index (χ2v) is 24.0. The summed E-state index contributed by atoms with van der Waals surface area (Å²) in [5.74, 6) is 4.54. The fourth-order valence-corrected chi connectivity index (χ4v) is 11.3. The van der Waals surface area contributed by atoms with Crippen molar-refractivity contribution >= 4 is 84.6 Å². The number of aldehydes is 3. The van der Waals surface area contributed by atoms with Crippen molar-refractivity contribution < 1.29 is 78.7 Å². The number of hydrogen-bond donors (Lipinski definition) is 7. The minimum absolute atomic E-state index is 0.0385. The van der Waals surface area contributed by atoms with Crippen LogP contribution in [0.4, 0.5) is 0 Å². The number of fused-ring (bicyclic) bond motifs is 5. The molecule has 1 amide bonds. The molecule has 0 radical (unpaired) electrons. The SMILES string of the molecule is CN1CCN(C(=O)c2ccc(Oc3ccc4c(C=O)c(O)ccc4c3)cc2)CC1.N#Cc1ccc(Oc2ccc3c(C=O)c(O)ccc3c2)cc1.N#Cc1ccc(Oc2ccc3cc(O)ccc3c2)cc1.O=Cc1c(O)ccc2cc(Oc3ccc(C(=O)O)cc3)ccc12.Oc1ccc2cc(O)ccc2c1. The minimum Gasteiger partial charge on any atom is -0.508 e. The van der Waals surface area contributed by atoms with Gasteiger partial charge >= 0.3 is 5.97 Å². The Morgan fingerprint density at radius 1 is 0.340 bits per heavy atom. The summed E-state index contributed by atoms with van der Waals surface area (Å²) in [5.41, 5.74) is 2.76. The maximum Gasteiger partial charge on any atom is 0.335 e. The van der Waals surface area contributed by atoms with Gasteiger partial charge in [-0.25, -0.2) is 4.79 Å². The van der Waals surface area contributed by atoms with Gasteiger partial charge in [-0.1, -0.05) is 42.5 Å². The smallest absolute Gasteiger partial charge is 0.335 e. The predicted octanol–water partition coefficient (Wildman–Crippen LogP) is 17.9. The summed E-state index contributed by atoms with van der Waals surface area (Å²) in [7, 11) is 2.06. The van der Waals surface area contributed by atoms with E-state index in [0.29, 0.717) is 97.7 Å². The molecule has 0 saturated carbocycles. The van der Waals surface area contributed by atoms with E-state index in [9.17, 15) is 44.4 Å². The molecule has 106 heavy (non-hydrogen) atoms. The van der Waals surface area contributed by atoms with Crippen LogP contribution in [0.25, 0.3) is 53.9 Å². The Morgan fingerprint density at radius 3 is 0.934 bits per heavy atom. The van der Waals surface area contributed by atoms with Crippen LogP contribution >= 0.6 is 0 Å². The number of carbonyl (C=O) groups excluding carboxylic acids is 4. The number of hydrogen-bond acceptors (Lipinski definition) is 18. The Balaban J connectivity index is 0.000000135. The van der Waals surface area contributed by atoms with Crippen LogP contribution in [0.5, 0.6) is 80.5 Å². The number of rotatable bonds is 13. The molecule has 1 aliphatic heterocycles. The number of likely N-dealkylation sites (N-methyl/N-ethyl adjacent to an activating group) is 1. The normalized spacial score (nSPS) is 11.5. The lowest BCUT2D eigenvalue weighted by Crippen LogP contribution is -2.47. The van der Waals surface area contributed by atoms with Crippen LogP contribution < -0.4 is 18.9 Å². The maximum absolute atomic E-state index is 12.6. The Bertz CT molecular complexity index is 5630. The first-order chi connectivity index (χ1) is 51.3. The fourth-order valence-electron chi connectivity index (χ4n) is 11.3. The van der Waals surface area contributed by atoms with E-state index in [1.807, 2.05) is 41.3 Å². The molecule has 524 valence electrons. The van der Waals surface area contributed by atoms with Crippen molar-refractivity contribution in [1.29, 1.82) is 10.5 Å². The van der Waals surface area contributed by atoms with Crippen LogP contribution in [0.2, 0.25) is 0 Å². The molecular formula is C86H64N4O16. The van der Waals surface area contributed by atoms with E-state index < -0.39 is 5.97 Å². The number of aromatic hydroxyl groups is 6. The van der Waals surface area contributed by atoms with E-state index in [1.165, 1.54) is 30.3 Å². The van der Waals surface area contributed by atoms with Gasteiger partial charge in [0.1, 0.15) is 80.5 Å². The lowest BCUT2D eigenvalue weighted by molar-refractivity contribution is 0.0661. The van der Waals surface area contributed by atoms with Crippen LogP contribution in [0.3, 0.4) is 0 Å². The number of aromatic carboxylic acids is 1. The van der Waals surface area contributed by atoms with Gasteiger partial charge in [0.05, 0.1) is 45.5 Å². The summed E-state index contributed by atoms with van der Waals surface area (Å²) >= 11 is 0. The molecule has 1 aliphatic rings. The Labute approximate surface area is 606 Å². The largest absolute Gasteiger partial charge is 0.508 e. The highest BCUT2D eigenvalue weighted by Crippen LogP contribution is 2.36. The zero-order valence-electron chi connectivity index (χ0n) is 56.5. The zero-order valence-corrected chi connectivity index (χ0v) is 56.5. The first kappa shape index (κ1) is 72.5. The van der Waals surface area contributed by atoms with Crippen molar-refractivity contribution in [2.45, 2.75) is 0 Å². The number of ether oxygens (including phenoxy) is 4. The lowest BCUT2D eigenvalue weighted by atomic mass is 10.0. The van der Waals surface area contributed by atoms with Crippen molar-refractivity contribution in [3.05, 3.63) is 300 Å². The van der Waals surface area contributed by atoms with E-state index in [1.54, 1.807) is 200 Å². The third-order valence-corrected chi connectivity index (χ3v) is 16.9. The Kier molecular flexibility index (Phi) is 23.0. The first-order valence-corrected chi connectivity index (χ1v) is 32.7. The first-order valence-electron chi connectivity index (χ1n) is 32.7. The Hall–Kier alpha value is -14.7. The molecule has 15 rings (SSSR count). The van der Waals surface area contributed by atoms with E-state index in [0.717, 1.165) is 63.9 Å². The average Bonchev–Trinajstić information content (AvgIpc) is 0.820. The Morgan fingerprint density at radius 2 is 0.613 bits per heavy atom. The fraction of sp³-hybridized carbons (Fsp3) is 0.0581. The van der Waals surface area contributed by atoms with E-state index in [2.05, 4.69) is 18.0 Å². The summed E-state index contributed by atoms with van der Waals surface area (Å²) in [4.78, 5) is 60.9. The van der Waals surface area contributed by atoms with Gasteiger partial charge in [-0.15, -0.1) is 0 Å². The molecule has 20 heteroatoms. The van der Waals surface area contributed by atoms with E-state index in [-0.39, 0.29) is 62.7 Å². The molecule has 20 nitrogen and oxygen atoms in total. The zero-order chi connectivity index (χ0) is 74.8. The lowest BCUT2D eigenvalue weighted by Gasteiger charge is -2.32. The van der Waals surface area contributed by atoms with Crippen molar-refractivity contribution in [2.75, 3.05) is 33.2 Å². The number of amides is 1. The highest BCUT2D eigenvalue weighted by Gasteiger charge is 2.21. The quantitative estimate of drug-likeness (QED) is 0.0527. The number of carboxylic acid groups (broad SMARTS) is 1. The third-order valence-electron chi connectivity index (χ3n) is 16.9. The van der Waals surface area contributed by atoms with Crippen LogP contribution in [-0.4, -0.2) is 110 Å². The third kappa shape index (κ3) is 18.2. The summed E-state index contributed by atoms with van der Waals surface area (Å²) in [6.45, 7) is 3.25. The van der Waals surface area contributed by atoms with Crippen LogP contribution in [0, 0.1) is 22.7 Å². The monoisotopic (exact) mass is 1410 g/mol. The summed E-state index contributed by atoms with van der Waals surface area (Å²) in [5, 5.41) is 91.3. The van der Waals surface area contributed by atoms with Crippen molar-refractivity contribution in [3.63, 3.8) is 0 Å². The topological polar surface area (TPSA) is 318 Å². The number of carboxylic acids is 1. The second-order valence-electron chi connectivity index (χ2n) is 24.0. The average molecular weight is 1410 g/mol. The van der Waals surface area contributed by atoms with Crippen molar-refractivity contribution in [2.24, 2.45) is 0 Å². The van der Waals surface area contributed by atoms with E-state index in [4.69, 9.17) is 44.8 Å². The molecule has 0 atom stereocenters. The highest BCUT2D eigenvalue weighted by molar-refractivity contribution is 6.03. The standard InChI is InChI=1S/C23H22N2O4.C18H11NO3.C18H12O5.C17H11NO2.C10H8O2/c1-24-10-12-25(13-11-24)23(28)16-2-5-18(6-3-16)29-19-7-8-20-17(14-19)4-9-22(27)21(20)15-26;19-10-12-1-4-14(5-2-12)22-15-6-7-16-13(9-15)3-8-18(21)17(16)11-20;19-10-16-15-7-6-14(9-12(15)3-8-17(16)20)23-13-4-1-11(2-5-13)18(21)22;18-11-12-1-6-16(7-2-12)20-17-8-4-13-9-15(19)5-3-14(13)10-17;11-9-3-1-7-5-10(12)4-2-8(7)6-9/h2-9,14-15,27H,10-13H2,1H3;1-9,11,21H;1-10,20H,(H,21,22);1-10,19H;1-6,11-12H. The van der Waals surface area contributed by atoms with Crippen LogP contribution in [0.1, 0.15) is 62.9 Å². The van der Waals surface area contributed by atoms with Crippen molar-refractivity contribution in [1.82, 2.24) is 9.80 Å². The maximum atomic E-state index is 12.6. The number of piperazine rings is 1. The summed E-state index contributed by atoms with van der Waals surface area (Å²) in [6.07, 6.45) is 1.90. The number of phenols is 6. The number of phenolic OH excluding ortho intramolecular Hbond substituents is 6. The molecule has 7 N–H and O–H groups in total. The molecule has 1 fully saturated rings. The molecule has 0 aliphatic carbocycles. The van der Waals surface area contributed by atoms with Gasteiger partial charge in [0.25, 0.3) is 5.91 Å². The molecule has 0 aromatic heterocycles. The van der Waals surface area contributed by atoms with Gasteiger partial charge in [-0.2, -0.15) is 10.5 Å². The van der Waals surface area contributed by atoms with Gasteiger partial charge in [-0.3, -0.25) is 19.2 Å². The van der Waals surface area contributed by atoms with Gasteiger partial charge in [0, 0.05) is 31.7 Å². The van der Waals surface area contributed by atoms with Crippen LogP contribution in [-0.2, 0) is 0 Å². The van der Waals surface area contributed by atoms with Gasteiger partial charge in [0.2, 0.25) is 0 Å². The summed E-state index contributed by atoms with van der Waals surface area (Å²) < 4.78 is 23.1. The van der Waals surface area contributed by atoms with Gasteiger partial charge in [0.15, 0.2) is 18.9 Å². The number of nitriles is 2. The number of carbonyl (C=O) groups is 5. The molecule has 14 aromatic rings. The predicted molar refractivity (Wildman–Crippen MR) is 402 cm³/mol. The number of nitrogens with zero attached hydrogens (tertiary/aromatic N) is 4. The molecule has 0 spiro atoms. The molecule has 1 heterocycles. The molecule has 0 bridgehead atoms. The number of benzene rings is 14. The molecular weight excluding hydrogens is 1340 g/mol. The molecule has 0 unspecified atom stereocenters. The van der Waals surface area contributed by atoms with Crippen LogP contribution in [0.15, 0.2) is 261 Å².